The van der Waals surface area contributed by atoms with Gasteiger partial charge in [0, 0.05) is 28.4 Å². The Hall–Kier alpha value is -3.27. The second-order valence-corrected chi connectivity index (χ2v) is 7.52. The van der Waals surface area contributed by atoms with Crippen molar-refractivity contribution in [1.82, 2.24) is 9.55 Å². The molecule has 0 N–H and O–H groups in total. The van der Waals surface area contributed by atoms with Crippen molar-refractivity contribution in [2.45, 2.75) is 6.18 Å². The summed E-state index contributed by atoms with van der Waals surface area (Å²) in [6, 6.07) is 17.3. The largest absolute Gasteiger partial charge is 0.417 e. The number of halogens is 5. The minimum Gasteiger partial charge on any atom is -0.299 e. The molecule has 4 aromatic rings. The quantitative estimate of drug-likeness (QED) is 0.300. The number of nitriles is 1. The summed E-state index contributed by atoms with van der Waals surface area (Å²) in [6.07, 6.45) is -0.444. The van der Waals surface area contributed by atoms with E-state index < -0.39 is 11.7 Å². The summed E-state index contributed by atoms with van der Waals surface area (Å²) in [4.78, 5) is 3.95. The van der Waals surface area contributed by atoms with E-state index in [1.807, 2.05) is 12.1 Å². The number of hydrogen-bond acceptors (Lipinski definition) is 2. The maximum atomic E-state index is 13.0. The number of rotatable bonds is 3. The average molecular weight is 458 g/mol. The fourth-order valence-electron chi connectivity index (χ4n) is 3.23. The molecular weight excluding hydrogens is 446 g/mol. The van der Waals surface area contributed by atoms with E-state index in [2.05, 4.69) is 11.1 Å². The second kappa shape index (κ2) is 8.10. The average Bonchev–Trinajstić information content (AvgIpc) is 3.12. The van der Waals surface area contributed by atoms with Crippen LogP contribution in [0.5, 0.6) is 0 Å². The van der Waals surface area contributed by atoms with Crippen LogP contribution in [0.3, 0.4) is 0 Å². The first-order chi connectivity index (χ1) is 14.8. The zero-order valence-electron chi connectivity index (χ0n) is 15.7. The van der Waals surface area contributed by atoms with E-state index in [-0.39, 0.29) is 10.8 Å². The summed E-state index contributed by atoms with van der Waals surface area (Å²) in [7, 11) is 0. The summed E-state index contributed by atoms with van der Waals surface area (Å²) in [5.74, 6) is 0.140. The van der Waals surface area contributed by atoms with Gasteiger partial charge >= 0.3 is 6.18 Å². The molecule has 31 heavy (non-hydrogen) atoms. The molecule has 154 valence electrons. The summed E-state index contributed by atoms with van der Waals surface area (Å²) >= 11 is 12.1. The Morgan fingerprint density at radius 2 is 1.77 bits per heavy atom. The lowest BCUT2D eigenvalue weighted by atomic mass is 10.0. The van der Waals surface area contributed by atoms with E-state index in [0.717, 1.165) is 23.2 Å². The topological polar surface area (TPSA) is 41.6 Å². The lowest BCUT2D eigenvalue weighted by Crippen LogP contribution is -2.07. The Morgan fingerprint density at radius 3 is 2.42 bits per heavy atom. The molecule has 0 saturated heterocycles. The van der Waals surface area contributed by atoms with Gasteiger partial charge in [0.05, 0.1) is 27.7 Å². The molecule has 8 heteroatoms. The molecule has 0 radical (unpaired) electrons. The Labute approximate surface area is 185 Å². The molecule has 0 amide bonds. The van der Waals surface area contributed by atoms with Crippen molar-refractivity contribution >= 4 is 45.8 Å². The number of aromatic nitrogens is 2. The number of fused-ring (bicyclic) bond motifs is 1. The van der Waals surface area contributed by atoms with E-state index in [0.29, 0.717) is 21.7 Å². The van der Waals surface area contributed by atoms with E-state index in [9.17, 15) is 18.4 Å². The van der Waals surface area contributed by atoms with Gasteiger partial charge in [0.2, 0.25) is 0 Å². The minimum atomic E-state index is -4.55. The summed E-state index contributed by atoms with van der Waals surface area (Å²) < 4.78 is 40.5. The first kappa shape index (κ1) is 21.0. The predicted octanol–water partition coefficient (Wildman–Crippen LogP) is 7.42. The van der Waals surface area contributed by atoms with Crippen molar-refractivity contribution < 1.29 is 13.2 Å². The lowest BCUT2D eigenvalue weighted by molar-refractivity contribution is -0.137. The van der Waals surface area contributed by atoms with Gasteiger partial charge in [-0.1, -0.05) is 53.5 Å². The van der Waals surface area contributed by atoms with Crippen molar-refractivity contribution in [3.05, 3.63) is 93.7 Å². The van der Waals surface area contributed by atoms with Crippen LogP contribution in [0.25, 0.3) is 28.4 Å². The molecule has 3 nitrogen and oxygen atoms in total. The fourth-order valence-corrected chi connectivity index (χ4v) is 3.61. The van der Waals surface area contributed by atoms with E-state index in [4.69, 9.17) is 23.2 Å². The summed E-state index contributed by atoms with van der Waals surface area (Å²) in [5, 5.41) is 11.0. The monoisotopic (exact) mass is 457 g/mol. The van der Waals surface area contributed by atoms with Crippen LogP contribution in [0.15, 0.2) is 67.0 Å². The molecule has 0 atom stereocenters. The predicted molar refractivity (Wildman–Crippen MR) is 116 cm³/mol. The molecule has 0 saturated carbocycles. The molecule has 2 aromatic heterocycles. The van der Waals surface area contributed by atoms with Gasteiger partial charge in [-0.3, -0.25) is 4.57 Å². The third kappa shape index (κ3) is 4.15. The van der Waals surface area contributed by atoms with Gasteiger partial charge in [0.1, 0.15) is 0 Å². The molecule has 2 heterocycles. The highest BCUT2D eigenvalue weighted by molar-refractivity contribution is 6.32. The summed E-state index contributed by atoms with van der Waals surface area (Å²) in [5.41, 5.74) is 1.48. The number of allylic oxidation sites excluding steroid dienone is 1. The Balaban J connectivity index is 1.89. The number of nitrogens with zero attached hydrogens (tertiary/aromatic N) is 3. The number of alkyl halides is 3. The van der Waals surface area contributed by atoms with Gasteiger partial charge in [-0.25, -0.2) is 4.98 Å². The Morgan fingerprint density at radius 1 is 1.06 bits per heavy atom. The SMILES string of the molecule is N#C/C(=C/c1ccc(Cl)cc1)c1cn(-c2ncc(C(F)(F)F)cc2Cl)c2ccccc12. The van der Waals surface area contributed by atoms with Crippen molar-refractivity contribution in [2.24, 2.45) is 0 Å². The van der Waals surface area contributed by atoms with Crippen LogP contribution >= 0.6 is 23.2 Å². The molecule has 0 aliphatic carbocycles. The fraction of sp³-hybridized carbons (Fsp3) is 0.0435. The molecule has 4 rings (SSSR count). The third-order valence-corrected chi connectivity index (χ3v) is 5.21. The van der Waals surface area contributed by atoms with Gasteiger partial charge in [0.25, 0.3) is 0 Å². The van der Waals surface area contributed by atoms with Crippen LogP contribution < -0.4 is 0 Å². The number of pyridine rings is 1. The van der Waals surface area contributed by atoms with Crippen LogP contribution in [-0.4, -0.2) is 9.55 Å². The van der Waals surface area contributed by atoms with Crippen molar-refractivity contribution in [1.29, 1.82) is 5.26 Å². The maximum Gasteiger partial charge on any atom is 0.417 e. The lowest BCUT2D eigenvalue weighted by Gasteiger charge is -2.10. The Kier molecular flexibility index (Phi) is 5.48. The van der Waals surface area contributed by atoms with Crippen molar-refractivity contribution in [3.8, 4) is 11.9 Å². The van der Waals surface area contributed by atoms with Gasteiger partial charge < -0.3 is 0 Å². The number of hydrogen-bond donors (Lipinski definition) is 0. The highest BCUT2D eigenvalue weighted by Crippen LogP contribution is 2.35. The molecular formula is C23H12Cl2F3N3. The zero-order valence-corrected chi connectivity index (χ0v) is 17.2. The summed E-state index contributed by atoms with van der Waals surface area (Å²) in [6.45, 7) is 0. The van der Waals surface area contributed by atoms with E-state index in [1.54, 1.807) is 53.2 Å². The first-order valence-corrected chi connectivity index (χ1v) is 9.74. The van der Waals surface area contributed by atoms with Crippen LogP contribution in [0.1, 0.15) is 16.7 Å². The molecule has 0 bridgehead atoms. The number of para-hydroxylation sites is 1. The van der Waals surface area contributed by atoms with E-state index in [1.165, 1.54) is 0 Å². The second-order valence-electron chi connectivity index (χ2n) is 6.68. The van der Waals surface area contributed by atoms with Gasteiger partial charge in [-0.05, 0) is 35.9 Å². The van der Waals surface area contributed by atoms with Gasteiger partial charge in [-0.15, -0.1) is 0 Å². The standard InChI is InChI=1S/C23H12Cl2F3N3/c24-17-7-5-14(6-8-17)9-15(11-29)19-13-31(21-4-2-1-3-18(19)21)22-20(25)10-16(12-30-22)23(26,27)28/h1-10,12-13H/b15-9-. The molecule has 0 fully saturated rings. The molecule has 0 spiro atoms. The number of benzene rings is 2. The first-order valence-electron chi connectivity index (χ1n) is 8.99. The maximum absolute atomic E-state index is 13.0. The molecule has 0 aliphatic heterocycles. The van der Waals surface area contributed by atoms with Crippen molar-refractivity contribution in [3.63, 3.8) is 0 Å². The minimum absolute atomic E-state index is 0.140. The van der Waals surface area contributed by atoms with Crippen LogP contribution in [-0.2, 0) is 6.18 Å². The zero-order chi connectivity index (χ0) is 22.2. The smallest absolute Gasteiger partial charge is 0.299 e. The van der Waals surface area contributed by atoms with Gasteiger partial charge in [0.15, 0.2) is 5.82 Å². The van der Waals surface area contributed by atoms with Gasteiger partial charge in [-0.2, -0.15) is 18.4 Å². The van der Waals surface area contributed by atoms with Crippen molar-refractivity contribution in [2.75, 3.05) is 0 Å². The van der Waals surface area contributed by atoms with Crippen LogP contribution in [0, 0.1) is 11.3 Å². The highest BCUT2D eigenvalue weighted by Gasteiger charge is 2.32. The molecule has 0 aliphatic rings. The Bertz CT molecular complexity index is 1350. The molecule has 0 unspecified atom stereocenters. The van der Waals surface area contributed by atoms with E-state index >= 15 is 0 Å². The normalized spacial score (nSPS) is 12.2. The van der Waals surface area contributed by atoms with Crippen LogP contribution in [0.2, 0.25) is 10.0 Å². The molecule has 2 aromatic carbocycles. The van der Waals surface area contributed by atoms with Crippen LogP contribution in [0.4, 0.5) is 13.2 Å². The highest BCUT2D eigenvalue weighted by atomic mass is 35.5. The third-order valence-electron chi connectivity index (χ3n) is 4.68.